The van der Waals surface area contributed by atoms with Crippen molar-refractivity contribution in [3.63, 3.8) is 0 Å². The molecule has 1 saturated heterocycles. The number of H-pyrrole nitrogens is 1. The van der Waals surface area contributed by atoms with Gasteiger partial charge in [0.2, 0.25) is 5.91 Å². The number of hydrogen-bond donors (Lipinski definition) is 2. The van der Waals surface area contributed by atoms with Crippen LogP contribution < -0.4 is 5.32 Å². The van der Waals surface area contributed by atoms with Crippen molar-refractivity contribution in [2.45, 2.75) is 64.0 Å². The van der Waals surface area contributed by atoms with E-state index in [-0.39, 0.29) is 23.4 Å². The van der Waals surface area contributed by atoms with E-state index in [0.29, 0.717) is 18.3 Å². The summed E-state index contributed by atoms with van der Waals surface area (Å²) in [4.78, 5) is 37.4. The summed E-state index contributed by atoms with van der Waals surface area (Å²) in [7, 11) is 0. The van der Waals surface area contributed by atoms with Crippen LogP contribution in [0.3, 0.4) is 0 Å². The Morgan fingerprint density at radius 3 is 2.84 bits per heavy atom. The lowest BCUT2D eigenvalue weighted by atomic mass is 10.0. The van der Waals surface area contributed by atoms with Crippen LogP contribution in [0.2, 0.25) is 0 Å². The highest BCUT2D eigenvalue weighted by molar-refractivity contribution is 7.14. The lowest BCUT2D eigenvalue weighted by Crippen LogP contribution is -2.42. The molecule has 168 valence electrons. The second-order valence-electron chi connectivity index (χ2n) is 9.81. The van der Waals surface area contributed by atoms with E-state index in [0.717, 1.165) is 52.4 Å². The summed E-state index contributed by atoms with van der Waals surface area (Å²) in [6, 6.07) is 11.8. The number of nitrogens with zero attached hydrogens (tertiary/aromatic N) is 2. The van der Waals surface area contributed by atoms with Gasteiger partial charge < -0.3 is 15.2 Å². The molecule has 0 unspecified atom stereocenters. The van der Waals surface area contributed by atoms with Gasteiger partial charge in [-0.05, 0) is 70.2 Å². The maximum absolute atomic E-state index is 13.0. The monoisotopic (exact) mass is 450 g/mol. The first-order chi connectivity index (χ1) is 15.3. The third kappa shape index (κ3) is 4.06. The van der Waals surface area contributed by atoms with Gasteiger partial charge in [0.25, 0.3) is 5.91 Å². The largest absolute Gasteiger partial charge is 0.349 e. The van der Waals surface area contributed by atoms with Crippen LogP contribution in [0.15, 0.2) is 36.4 Å². The van der Waals surface area contributed by atoms with Gasteiger partial charge in [-0.2, -0.15) is 0 Å². The van der Waals surface area contributed by atoms with Gasteiger partial charge in [-0.25, -0.2) is 4.98 Å². The van der Waals surface area contributed by atoms with Gasteiger partial charge in [0.15, 0.2) is 0 Å². The molecule has 0 spiro atoms. The number of fused-ring (bicyclic) bond motifs is 1. The average molecular weight is 451 g/mol. The molecule has 3 heterocycles. The molecule has 2 aliphatic rings. The van der Waals surface area contributed by atoms with Crippen LogP contribution in [-0.2, 0) is 4.79 Å². The third-order valence-corrected chi connectivity index (χ3v) is 8.17. The maximum Gasteiger partial charge on any atom is 0.264 e. The molecule has 3 aromatic rings. The standard InChI is InChI=1S/C25H30N4O2S/c1-15(20-9-10-21(32-20)24(31)29-12-6-11-25(29,2)3)26-22(30)14-16-13-17(16)23-27-18-7-4-5-8-19(18)28-23/h4-5,7-10,15-17H,6,11-14H2,1-3H3,(H,26,30)(H,27,28)/t15-,16-,17-/m1/s1. The van der Waals surface area contributed by atoms with Crippen LogP contribution in [0.5, 0.6) is 0 Å². The highest BCUT2D eigenvalue weighted by atomic mass is 32.1. The number of aromatic nitrogens is 2. The van der Waals surface area contributed by atoms with Crippen LogP contribution in [-0.4, -0.2) is 38.8 Å². The number of likely N-dealkylation sites (tertiary alicyclic amines) is 1. The van der Waals surface area contributed by atoms with E-state index in [1.165, 1.54) is 11.3 Å². The summed E-state index contributed by atoms with van der Waals surface area (Å²) in [5.41, 5.74) is 1.94. The number of carbonyl (C=O) groups is 2. The minimum absolute atomic E-state index is 0.0584. The Kier molecular flexibility index (Phi) is 5.32. The zero-order chi connectivity index (χ0) is 22.5. The number of benzene rings is 1. The van der Waals surface area contributed by atoms with E-state index in [9.17, 15) is 9.59 Å². The van der Waals surface area contributed by atoms with Crippen molar-refractivity contribution in [2.24, 2.45) is 5.92 Å². The summed E-state index contributed by atoms with van der Waals surface area (Å²) in [5, 5.41) is 3.12. The van der Waals surface area contributed by atoms with Gasteiger partial charge in [0, 0.05) is 29.3 Å². The maximum atomic E-state index is 13.0. The third-order valence-electron chi connectivity index (χ3n) is 6.92. The van der Waals surface area contributed by atoms with Crippen molar-refractivity contribution in [1.82, 2.24) is 20.2 Å². The number of hydrogen-bond acceptors (Lipinski definition) is 4. The van der Waals surface area contributed by atoms with E-state index in [1.54, 1.807) is 0 Å². The van der Waals surface area contributed by atoms with Crippen LogP contribution in [0.1, 0.15) is 78.8 Å². The molecule has 0 bridgehead atoms. The molecule has 2 amide bonds. The lowest BCUT2D eigenvalue weighted by molar-refractivity contribution is -0.122. The quantitative estimate of drug-likeness (QED) is 0.554. The predicted molar refractivity (Wildman–Crippen MR) is 127 cm³/mol. The van der Waals surface area contributed by atoms with Crippen LogP contribution in [0, 0.1) is 5.92 Å². The molecule has 2 N–H and O–H groups in total. The van der Waals surface area contributed by atoms with E-state index in [4.69, 9.17) is 0 Å². The minimum atomic E-state index is -0.107. The molecule has 2 aromatic heterocycles. The second kappa shape index (κ2) is 8.03. The van der Waals surface area contributed by atoms with Crippen LogP contribution in [0.25, 0.3) is 11.0 Å². The number of nitrogens with one attached hydrogen (secondary N) is 2. The van der Waals surface area contributed by atoms with Crippen molar-refractivity contribution in [2.75, 3.05) is 6.54 Å². The van der Waals surface area contributed by atoms with Gasteiger partial charge in [-0.1, -0.05) is 12.1 Å². The number of thiophene rings is 1. The molecule has 1 aromatic carbocycles. The summed E-state index contributed by atoms with van der Waals surface area (Å²) in [6.45, 7) is 7.07. The van der Waals surface area contributed by atoms with Crippen molar-refractivity contribution in [1.29, 1.82) is 0 Å². The highest BCUT2D eigenvalue weighted by Gasteiger charge is 2.42. The molecular weight excluding hydrogens is 420 g/mol. The normalized spacial score (nSPS) is 22.8. The molecule has 5 rings (SSSR count). The molecule has 7 heteroatoms. The van der Waals surface area contributed by atoms with Crippen molar-refractivity contribution in [3.05, 3.63) is 52.0 Å². The Balaban J connectivity index is 1.16. The van der Waals surface area contributed by atoms with E-state index < -0.39 is 0 Å². The molecule has 3 atom stereocenters. The fourth-order valence-electron chi connectivity index (χ4n) is 4.88. The number of carbonyl (C=O) groups excluding carboxylic acids is 2. The fourth-order valence-corrected chi connectivity index (χ4v) is 5.84. The summed E-state index contributed by atoms with van der Waals surface area (Å²) >= 11 is 1.49. The summed E-state index contributed by atoms with van der Waals surface area (Å²) in [5.74, 6) is 1.82. The van der Waals surface area contributed by atoms with Gasteiger partial charge in [-0.15, -0.1) is 11.3 Å². The number of aromatic amines is 1. The number of imidazole rings is 1. The molecule has 1 saturated carbocycles. The number of amides is 2. The van der Waals surface area contributed by atoms with E-state index in [1.807, 2.05) is 48.2 Å². The van der Waals surface area contributed by atoms with Crippen molar-refractivity contribution in [3.8, 4) is 0 Å². The minimum Gasteiger partial charge on any atom is -0.349 e. The predicted octanol–water partition coefficient (Wildman–Crippen LogP) is 5.01. The molecule has 1 aliphatic heterocycles. The first-order valence-corrected chi connectivity index (χ1v) is 12.3. The topological polar surface area (TPSA) is 78.1 Å². The van der Waals surface area contributed by atoms with Gasteiger partial charge in [0.1, 0.15) is 5.82 Å². The number of rotatable bonds is 6. The molecule has 0 radical (unpaired) electrons. The Bertz CT molecular complexity index is 1130. The fraction of sp³-hybridized carbons (Fsp3) is 0.480. The van der Waals surface area contributed by atoms with Crippen LogP contribution in [0.4, 0.5) is 0 Å². The Hall–Kier alpha value is -2.67. The zero-order valence-corrected chi connectivity index (χ0v) is 19.7. The Morgan fingerprint density at radius 1 is 1.28 bits per heavy atom. The van der Waals surface area contributed by atoms with Gasteiger partial charge in [-0.3, -0.25) is 9.59 Å². The molecule has 2 fully saturated rings. The number of para-hydroxylation sites is 2. The molecular formula is C25H30N4O2S. The molecule has 32 heavy (non-hydrogen) atoms. The molecule has 6 nitrogen and oxygen atoms in total. The SMILES string of the molecule is C[C@@H](NC(=O)C[C@H]1C[C@H]1c1nc2ccccc2[nH]1)c1ccc(C(=O)N2CCCC2(C)C)s1. The van der Waals surface area contributed by atoms with Crippen molar-refractivity contribution >= 4 is 34.2 Å². The van der Waals surface area contributed by atoms with Gasteiger partial charge >= 0.3 is 0 Å². The zero-order valence-electron chi connectivity index (χ0n) is 18.9. The molecule has 1 aliphatic carbocycles. The summed E-state index contributed by atoms with van der Waals surface area (Å²) in [6.07, 6.45) is 3.59. The van der Waals surface area contributed by atoms with E-state index in [2.05, 4.69) is 29.1 Å². The highest BCUT2D eigenvalue weighted by Crippen LogP contribution is 2.48. The lowest BCUT2D eigenvalue weighted by Gasteiger charge is -2.31. The Morgan fingerprint density at radius 2 is 2.09 bits per heavy atom. The first kappa shape index (κ1) is 21.2. The van der Waals surface area contributed by atoms with Gasteiger partial charge in [0.05, 0.1) is 22.0 Å². The average Bonchev–Trinajstić information content (AvgIpc) is 3.13. The summed E-state index contributed by atoms with van der Waals surface area (Å²) < 4.78 is 0. The van der Waals surface area contributed by atoms with Crippen molar-refractivity contribution < 1.29 is 9.59 Å². The smallest absolute Gasteiger partial charge is 0.264 e. The second-order valence-corrected chi connectivity index (χ2v) is 10.9. The van der Waals surface area contributed by atoms with E-state index >= 15 is 0 Å². The Labute approximate surface area is 192 Å². The van der Waals surface area contributed by atoms with Crippen LogP contribution >= 0.6 is 11.3 Å². The first-order valence-electron chi connectivity index (χ1n) is 11.5.